The molecule has 0 bridgehead atoms. The van der Waals surface area contributed by atoms with Crippen LogP contribution in [0.3, 0.4) is 0 Å². The van der Waals surface area contributed by atoms with Gasteiger partial charge in [-0.15, -0.1) is 0 Å². The number of amides is 1. The summed E-state index contributed by atoms with van der Waals surface area (Å²) in [5, 5.41) is 3.18. The van der Waals surface area contributed by atoms with Crippen molar-refractivity contribution < 1.29 is 18.3 Å². The second-order valence-corrected chi connectivity index (χ2v) is 10.5. The number of hydrogen-bond donors (Lipinski definition) is 1. The van der Waals surface area contributed by atoms with Gasteiger partial charge in [0.15, 0.2) is 14.8 Å². The van der Waals surface area contributed by atoms with E-state index in [4.69, 9.17) is 26.4 Å². The van der Waals surface area contributed by atoms with E-state index in [0.29, 0.717) is 50.6 Å². The minimum Gasteiger partial charge on any atom is -0.467 e. The molecule has 4 heterocycles. The van der Waals surface area contributed by atoms with Crippen molar-refractivity contribution in [1.82, 2.24) is 19.4 Å². The van der Waals surface area contributed by atoms with Crippen molar-refractivity contribution in [3.8, 4) is 5.69 Å². The zero-order valence-corrected chi connectivity index (χ0v) is 20.9. The first-order valence-electron chi connectivity index (χ1n) is 11.0. The molecule has 5 rings (SSSR count). The Morgan fingerprint density at radius 1 is 1.31 bits per heavy atom. The number of benzene rings is 1. The third-order valence-electron chi connectivity index (χ3n) is 5.52. The molecule has 35 heavy (non-hydrogen) atoms. The number of carbonyl (C=O) groups excluding carboxylic acids is 1. The van der Waals surface area contributed by atoms with Crippen molar-refractivity contribution in [3.63, 3.8) is 0 Å². The Morgan fingerprint density at radius 2 is 2.14 bits per heavy atom. The summed E-state index contributed by atoms with van der Waals surface area (Å²) < 4.78 is 28.5. The first kappa shape index (κ1) is 23.9. The fourth-order valence-electron chi connectivity index (χ4n) is 3.80. The highest BCUT2D eigenvalue weighted by molar-refractivity contribution is 7.99. The van der Waals surface area contributed by atoms with E-state index in [-0.39, 0.29) is 23.3 Å². The van der Waals surface area contributed by atoms with Crippen molar-refractivity contribution in [2.75, 3.05) is 18.9 Å². The highest BCUT2D eigenvalue weighted by Gasteiger charge is 2.21. The molecule has 1 unspecified atom stereocenters. The fourth-order valence-corrected chi connectivity index (χ4v) is 5.90. The highest BCUT2D eigenvalue weighted by Crippen LogP contribution is 2.26. The Bertz CT molecular complexity index is 1460. The summed E-state index contributed by atoms with van der Waals surface area (Å²) in [6, 6.07) is 9.16. The first-order valence-corrected chi connectivity index (χ1v) is 13.2. The van der Waals surface area contributed by atoms with Gasteiger partial charge in [0, 0.05) is 13.2 Å². The highest BCUT2D eigenvalue weighted by atomic mass is 32.2. The number of hydrogen-bond acceptors (Lipinski definition) is 8. The predicted molar refractivity (Wildman–Crippen MR) is 135 cm³/mol. The smallest absolute Gasteiger partial charge is 0.278 e. The van der Waals surface area contributed by atoms with Crippen LogP contribution in [0.1, 0.15) is 18.6 Å². The van der Waals surface area contributed by atoms with Gasteiger partial charge in [-0.3, -0.25) is 18.7 Å². The van der Waals surface area contributed by atoms with E-state index in [1.165, 1.54) is 28.8 Å². The van der Waals surface area contributed by atoms with Crippen LogP contribution < -0.4 is 10.9 Å². The molecule has 12 heteroatoms. The number of rotatable bonds is 8. The van der Waals surface area contributed by atoms with Gasteiger partial charge in [0.05, 0.1) is 30.4 Å². The number of nitrogens with one attached hydrogen (secondary N) is 1. The van der Waals surface area contributed by atoms with E-state index >= 15 is 0 Å². The SMILES string of the molecule is O=C(CSc1nc2c(sc(=S)n2Cc2ccco2)c(=O)n1-c1ccc(F)cc1)NCC1CCCO1. The molecule has 1 N–H and O–H groups in total. The van der Waals surface area contributed by atoms with Crippen molar-refractivity contribution in [2.24, 2.45) is 0 Å². The molecule has 8 nitrogen and oxygen atoms in total. The lowest BCUT2D eigenvalue weighted by molar-refractivity contribution is -0.119. The Balaban J connectivity index is 1.50. The molecule has 1 atom stereocenters. The van der Waals surface area contributed by atoms with Gasteiger partial charge in [-0.25, -0.2) is 9.37 Å². The molecule has 1 aliphatic heterocycles. The van der Waals surface area contributed by atoms with Crippen LogP contribution in [-0.2, 0) is 16.1 Å². The molecule has 4 aromatic rings. The van der Waals surface area contributed by atoms with Crippen LogP contribution in [0.15, 0.2) is 57.0 Å². The van der Waals surface area contributed by atoms with Crippen molar-refractivity contribution in [1.29, 1.82) is 0 Å². The number of fused-ring (bicyclic) bond motifs is 1. The van der Waals surface area contributed by atoms with Gasteiger partial charge in [0.25, 0.3) is 5.56 Å². The van der Waals surface area contributed by atoms with Gasteiger partial charge >= 0.3 is 0 Å². The Morgan fingerprint density at radius 3 is 2.86 bits per heavy atom. The molecule has 0 aliphatic carbocycles. The number of nitrogens with zero attached hydrogens (tertiary/aromatic N) is 3. The summed E-state index contributed by atoms with van der Waals surface area (Å²) in [4.78, 5) is 30.8. The van der Waals surface area contributed by atoms with E-state index in [0.717, 1.165) is 35.9 Å². The lowest BCUT2D eigenvalue weighted by Gasteiger charge is -2.13. The molecule has 1 aromatic carbocycles. The van der Waals surface area contributed by atoms with E-state index in [2.05, 4.69) is 5.32 Å². The van der Waals surface area contributed by atoms with Gasteiger partial charge in [-0.05, 0) is 61.5 Å². The van der Waals surface area contributed by atoms with Gasteiger partial charge in [-0.1, -0.05) is 23.1 Å². The van der Waals surface area contributed by atoms with E-state index in [1.807, 2.05) is 6.07 Å². The Kier molecular flexibility index (Phi) is 7.14. The lowest BCUT2D eigenvalue weighted by Crippen LogP contribution is -2.33. The van der Waals surface area contributed by atoms with Crippen LogP contribution in [0.2, 0.25) is 0 Å². The Hall–Kier alpha value is -2.80. The van der Waals surface area contributed by atoms with Crippen molar-refractivity contribution in [3.05, 3.63) is 68.5 Å². The summed E-state index contributed by atoms with van der Waals surface area (Å²) in [5.41, 5.74) is 0.533. The third-order valence-corrected chi connectivity index (χ3v) is 7.89. The van der Waals surface area contributed by atoms with E-state index < -0.39 is 5.82 Å². The minimum atomic E-state index is -0.418. The van der Waals surface area contributed by atoms with Crippen LogP contribution in [0.4, 0.5) is 4.39 Å². The summed E-state index contributed by atoms with van der Waals surface area (Å²) >= 11 is 7.81. The zero-order valence-electron chi connectivity index (χ0n) is 18.4. The minimum absolute atomic E-state index is 0.0349. The number of aromatic nitrogens is 3. The summed E-state index contributed by atoms with van der Waals surface area (Å²) in [6.07, 6.45) is 3.52. The number of halogens is 1. The van der Waals surface area contributed by atoms with Gasteiger partial charge in [0.1, 0.15) is 16.3 Å². The maximum Gasteiger partial charge on any atom is 0.278 e. The molecule has 0 radical (unpaired) electrons. The third kappa shape index (κ3) is 5.25. The quantitative estimate of drug-likeness (QED) is 0.207. The van der Waals surface area contributed by atoms with Crippen LogP contribution >= 0.6 is 35.3 Å². The van der Waals surface area contributed by atoms with Gasteiger partial charge in [-0.2, -0.15) is 0 Å². The molecule has 0 spiro atoms. The molecule has 1 saturated heterocycles. The van der Waals surface area contributed by atoms with Crippen LogP contribution in [0.25, 0.3) is 16.0 Å². The topological polar surface area (TPSA) is 91.3 Å². The van der Waals surface area contributed by atoms with Crippen molar-refractivity contribution in [2.45, 2.75) is 30.6 Å². The maximum absolute atomic E-state index is 13.6. The second-order valence-electron chi connectivity index (χ2n) is 7.93. The molecule has 1 amide bonds. The summed E-state index contributed by atoms with van der Waals surface area (Å²) in [7, 11) is 0. The van der Waals surface area contributed by atoms with E-state index in [9.17, 15) is 14.0 Å². The molecule has 182 valence electrons. The maximum atomic E-state index is 13.6. The lowest BCUT2D eigenvalue weighted by atomic mass is 10.2. The standard InChI is InChI=1S/C23H21FN4O4S3/c24-14-5-7-15(8-6-14)28-21(30)19-20(27(23(33)35-19)12-17-4-2-10-32-17)26-22(28)34-13-18(29)25-11-16-3-1-9-31-16/h2,4-8,10,16H,1,3,9,11-13H2,(H,25,29). The molecule has 1 aliphatic rings. The molecular weight excluding hydrogens is 511 g/mol. The number of thioether (sulfide) groups is 1. The fraction of sp³-hybridized carbons (Fsp3) is 0.304. The van der Waals surface area contributed by atoms with Crippen LogP contribution in [0.5, 0.6) is 0 Å². The number of thiazole rings is 1. The predicted octanol–water partition coefficient (Wildman–Crippen LogP) is 4.15. The average molecular weight is 533 g/mol. The van der Waals surface area contributed by atoms with E-state index in [1.54, 1.807) is 16.9 Å². The summed E-state index contributed by atoms with van der Waals surface area (Å²) in [5.74, 6) is 0.115. The largest absolute Gasteiger partial charge is 0.467 e. The monoisotopic (exact) mass is 532 g/mol. The number of carbonyl (C=O) groups is 1. The normalized spacial score (nSPS) is 15.6. The Labute approximate surface area is 212 Å². The van der Waals surface area contributed by atoms with Crippen molar-refractivity contribution >= 4 is 51.6 Å². The molecular formula is C23H21FN4O4S3. The number of ether oxygens (including phenoxy) is 1. The van der Waals surface area contributed by atoms with Crippen LogP contribution in [0, 0.1) is 9.77 Å². The first-order chi connectivity index (χ1) is 17.0. The average Bonchev–Trinajstić information content (AvgIpc) is 3.61. The molecule has 3 aromatic heterocycles. The van der Waals surface area contributed by atoms with Crippen LogP contribution in [-0.4, -0.2) is 45.0 Å². The molecule has 1 fully saturated rings. The zero-order chi connectivity index (χ0) is 24.4. The summed E-state index contributed by atoms with van der Waals surface area (Å²) in [6.45, 7) is 1.49. The second kappa shape index (κ2) is 10.4. The molecule has 0 saturated carbocycles. The number of furan rings is 1. The van der Waals surface area contributed by atoms with Gasteiger partial charge in [0.2, 0.25) is 5.91 Å². The van der Waals surface area contributed by atoms with Gasteiger partial charge < -0.3 is 14.5 Å².